The van der Waals surface area contributed by atoms with E-state index in [0.717, 1.165) is 22.3 Å². The van der Waals surface area contributed by atoms with Crippen molar-refractivity contribution in [2.75, 3.05) is 12.4 Å². The number of aliphatic hydroxyl groups excluding tert-OH is 1. The minimum absolute atomic E-state index is 0.0347. The van der Waals surface area contributed by atoms with Gasteiger partial charge in [0.1, 0.15) is 6.61 Å². The molecule has 0 bridgehead atoms. The summed E-state index contributed by atoms with van der Waals surface area (Å²) in [6.45, 7) is 3.94. The topological polar surface area (TPSA) is 114 Å². The molecule has 0 unspecified atom stereocenters. The summed E-state index contributed by atoms with van der Waals surface area (Å²) in [5, 5.41) is 21.6. The standard InChI is InChI=1S/C30H31NO7S/c1-2-15-36-30(35)31-17-20-7-13-23(14-8-20)29-37-24(19-39-27-6-4-3-5-25(27)28(33)34)16-26(38-29)22-11-9-21(18-32)10-12-22/h2-14,24,26,29,32H,1,15-19H2,(H,31,35)(H,33,34)/t24-,26+,29+/m1/s1. The molecule has 1 fully saturated rings. The minimum atomic E-state index is -0.964. The molecule has 204 valence electrons. The molecule has 3 N–H and O–H groups in total. The molecule has 3 aromatic carbocycles. The maximum absolute atomic E-state index is 11.7. The molecule has 1 amide bonds. The first-order valence-corrected chi connectivity index (χ1v) is 13.5. The van der Waals surface area contributed by atoms with E-state index in [1.54, 1.807) is 18.2 Å². The van der Waals surface area contributed by atoms with Gasteiger partial charge >= 0.3 is 12.1 Å². The van der Waals surface area contributed by atoms with E-state index in [9.17, 15) is 19.8 Å². The van der Waals surface area contributed by atoms with Gasteiger partial charge in [0.05, 0.1) is 24.4 Å². The van der Waals surface area contributed by atoms with E-state index in [-0.39, 0.29) is 31.0 Å². The first-order chi connectivity index (χ1) is 19.0. The molecule has 8 nitrogen and oxygen atoms in total. The predicted octanol–water partition coefficient (Wildman–Crippen LogP) is 5.63. The van der Waals surface area contributed by atoms with E-state index >= 15 is 0 Å². The fourth-order valence-electron chi connectivity index (χ4n) is 4.13. The first kappa shape index (κ1) is 28.4. The minimum Gasteiger partial charge on any atom is -0.478 e. The summed E-state index contributed by atoms with van der Waals surface area (Å²) in [5.41, 5.74) is 3.77. The fourth-order valence-corrected chi connectivity index (χ4v) is 5.19. The van der Waals surface area contributed by atoms with Gasteiger partial charge in [0.15, 0.2) is 6.29 Å². The fraction of sp³-hybridized carbons (Fsp3) is 0.267. The van der Waals surface area contributed by atoms with Crippen LogP contribution in [-0.2, 0) is 27.4 Å². The number of amides is 1. The monoisotopic (exact) mass is 549 g/mol. The first-order valence-electron chi connectivity index (χ1n) is 12.5. The van der Waals surface area contributed by atoms with Gasteiger partial charge in [0.2, 0.25) is 0 Å². The van der Waals surface area contributed by atoms with Crippen molar-refractivity contribution in [3.63, 3.8) is 0 Å². The Morgan fingerprint density at radius 1 is 1.00 bits per heavy atom. The predicted molar refractivity (Wildman–Crippen MR) is 147 cm³/mol. The van der Waals surface area contributed by atoms with Gasteiger partial charge in [0, 0.05) is 29.2 Å². The largest absolute Gasteiger partial charge is 0.478 e. The number of aromatic carboxylic acids is 1. The van der Waals surface area contributed by atoms with E-state index in [0.29, 0.717) is 23.6 Å². The van der Waals surface area contributed by atoms with Gasteiger partial charge in [-0.15, -0.1) is 11.8 Å². The zero-order chi connectivity index (χ0) is 27.6. The van der Waals surface area contributed by atoms with Crippen LogP contribution in [0.4, 0.5) is 4.79 Å². The molecule has 0 radical (unpaired) electrons. The molecular weight excluding hydrogens is 518 g/mol. The van der Waals surface area contributed by atoms with Gasteiger partial charge in [-0.3, -0.25) is 0 Å². The van der Waals surface area contributed by atoms with Crippen LogP contribution in [0.25, 0.3) is 0 Å². The number of hydrogen-bond donors (Lipinski definition) is 3. The maximum atomic E-state index is 11.7. The number of carboxylic acid groups (broad SMARTS) is 1. The number of hydrogen-bond acceptors (Lipinski definition) is 7. The van der Waals surface area contributed by atoms with E-state index < -0.39 is 18.4 Å². The third-order valence-electron chi connectivity index (χ3n) is 6.18. The van der Waals surface area contributed by atoms with E-state index in [2.05, 4.69) is 11.9 Å². The van der Waals surface area contributed by atoms with Crippen molar-refractivity contribution in [3.05, 3.63) is 113 Å². The molecule has 1 aliphatic heterocycles. The van der Waals surface area contributed by atoms with E-state index in [4.69, 9.17) is 14.2 Å². The van der Waals surface area contributed by atoms with E-state index in [1.165, 1.54) is 17.8 Å². The van der Waals surface area contributed by atoms with Gasteiger partial charge < -0.3 is 29.7 Å². The molecule has 9 heteroatoms. The molecule has 1 saturated heterocycles. The highest BCUT2D eigenvalue weighted by atomic mass is 32.2. The van der Waals surface area contributed by atoms with Gasteiger partial charge in [-0.2, -0.15) is 0 Å². The van der Waals surface area contributed by atoms with Gasteiger partial charge in [-0.05, 0) is 28.8 Å². The average molecular weight is 550 g/mol. The number of aliphatic hydroxyl groups is 1. The second-order valence-electron chi connectivity index (χ2n) is 8.94. The van der Waals surface area contributed by atoms with Crippen LogP contribution in [0.2, 0.25) is 0 Å². The summed E-state index contributed by atoms with van der Waals surface area (Å²) in [7, 11) is 0. The maximum Gasteiger partial charge on any atom is 0.407 e. The number of nitrogens with one attached hydrogen (secondary N) is 1. The lowest BCUT2D eigenvalue weighted by atomic mass is 10.0. The van der Waals surface area contributed by atoms with E-state index in [1.807, 2.05) is 54.6 Å². The second-order valence-corrected chi connectivity index (χ2v) is 10.0. The summed E-state index contributed by atoms with van der Waals surface area (Å²) in [4.78, 5) is 24.0. The number of carbonyl (C=O) groups excluding carboxylic acids is 1. The van der Waals surface area contributed by atoms with Gasteiger partial charge in [-0.25, -0.2) is 9.59 Å². The third-order valence-corrected chi connectivity index (χ3v) is 7.38. The van der Waals surface area contributed by atoms with Crippen LogP contribution in [0.3, 0.4) is 0 Å². The van der Waals surface area contributed by atoms with Crippen molar-refractivity contribution in [1.82, 2.24) is 5.32 Å². The Kier molecular flexibility index (Phi) is 10.2. The van der Waals surface area contributed by atoms with Crippen LogP contribution < -0.4 is 5.32 Å². The number of rotatable bonds is 11. The van der Waals surface area contributed by atoms with Crippen LogP contribution in [-0.4, -0.2) is 40.7 Å². The third kappa shape index (κ3) is 7.93. The summed E-state index contributed by atoms with van der Waals surface area (Å²) < 4.78 is 17.6. The molecule has 4 rings (SSSR count). The molecule has 0 aromatic heterocycles. The number of alkyl carbamates (subject to hydrolysis) is 1. The molecule has 0 saturated carbocycles. The average Bonchev–Trinajstić information content (AvgIpc) is 2.98. The molecule has 3 aromatic rings. The quantitative estimate of drug-likeness (QED) is 0.208. The van der Waals surface area contributed by atoms with Crippen molar-refractivity contribution in [1.29, 1.82) is 0 Å². The highest BCUT2D eigenvalue weighted by Gasteiger charge is 2.32. The zero-order valence-electron chi connectivity index (χ0n) is 21.3. The van der Waals surface area contributed by atoms with Crippen molar-refractivity contribution in [3.8, 4) is 0 Å². The lowest BCUT2D eigenvalue weighted by Crippen LogP contribution is -2.31. The molecule has 39 heavy (non-hydrogen) atoms. The second kappa shape index (κ2) is 14.0. The Balaban J connectivity index is 1.48. The highest BCUT2D eigenvalue weighted by molar-refractivity contribution is 7.99. The molecular formula is C30H31NO7S. The highest BCUT2D eigenvalue weighted by Crippen LogP contribution is 2.39. The van der Waals surface area contributed by atoms with Crippen molar-refractivity contribution < 1.29 is 34.0 Å². The Hall–Kier alpha value is -3.63. The number of carbonyl (C=O) groups is 2. The molecule has 3 atom stereocenters. The summed E-state index contributed by atoms with van der Waals surface area (Å²) in [6.07, 6.45) is 0.478. The molecule has 0 aliphatic carbocycles. The van der Waals surface area contributed by atoms with Crippen molar-refractivity contribution in [2.24, 2.45) is 0 Å². The number of carboxylic acids is 1. The Bertz CT molecular complexity index is 1260. The van der Waals surface area contributed by atoms with Crippen molar-refractivity contribution in [2.45, 2.75) is 43.0 Å². The summed E-state index contributed by atoms with van der Waals surface area (Å²) >= 11 is 1.45. The lowest BCUT2D eigenvalue weighted by molar-refractivity contribution is -0.245. The molecule has 0 spiro atoms. The SMILES string of the molecule is C=CCOC(=O)NCc1ccc([C@H]2O[C@@H](CSc3ccccc3C(=O)O)C[C@@H](c3ccc(CO)cc3)O2)cc1. The Labute approximate surface area is 231 Å². The molecule has 1 aliphatic rings. The molecule has 1 heterocycles. The lowest BCUT2D eigenvalue weighted by Gasteiger charge is -2.36. The summed E-state index contributed by atoms with van der Waals surface area (Å²) in [5.74, 6) is -0.418. The Morgan fingerprint density at radius 3 is 2.38 bits per heavy atom. The van der Waals surface area contributed by atoms with Crippen LogP contribution in [0, 0.1) is 0 Å². The van der Waals surface area contributed by atoms with Gasteiger partial charge in [-0.1, -0.05) is 73.3 Å². The van der Waals surface area contributed by atoms with Crippen LogP contribution in [0.1, 0.15) is 51.4 Å². The van der Waals surface area contributed by atoms with Gasteiger partial charge in [0.25, 0.3) is 0 Å². The Morgan fingerprint density at radius 2 is 1.69 bits per heavy atom. The summed E-state index contributed by atoms with van der Waals surface area (Å²) in [6, 6.07) is 22.2. The number of ether oxygens (including phenoxy) is 3. The van der Waals surface area contributed by atoms with Crippen LogP contribution in [0.15, 0.2) is 90.3 Å². The van der Waals surface area contributed by atoms with Crippen LogP contribution >= 0.6 is 11.8 Å². The zero-order valence-corrected chi connectivity index (χ0v) is 22.1. The van der Waals surface area contributed by atoms with Crippen molar-refractivity contribution >= 4 is 23.8 Å². The van der Waals surface area contributed by atoms with Crippen LogP contribution in [0.5, 0.6) is 0 Å². The number of thioether (sulfide) groups is 1. The normalized spacial score (nSPS) is 18.7. The smallest absolute Gasteiger partial charge is 0.407 e. The number of benzene rings is 3.